The first-order valence-corrected chi connectivity index (χ1v) is 11.7. The average Bonchev–Trinajstić information content (AvgIpc) is 3.27. The third-order valence-corrected chi connectivity index (χ3v) is 6.55. The summed E-state index contributed by atoms with van der Waals surface area (Å²) in [4.78, 5) is 21.3. The fourth-order valence-electron chi connectivity index (χ4n) is 4.56. The van der Waals surface area contributed by atoms with Crippen LogP contribution in [0.4, 0.5) is 14.6 Å². The zero-order valence-electron chi connectivity index (χ0n) is 20.8. The van der Waals surface area contributed by atoms with Crippen LogP contribution in [-0.2, 0) is 20.0 Å². The maximum Gasteiger partial charge on any atom is 0.295 e. The number of pyridine rings is 1. The van der Waals surface area contributed by atoms with Crippen LogP contribution in [-0.4, -0.2) is 36.0 Å². The molecule has 10 heteroatoms. The van der Waals surface area contributed by atoms with Gasteiger partial charge in [0.25, 0.3) is 5.92 Å². The van der Waals surface area contributed by atoms with E-state index in [4.69, 9.17) is 10.1 Å². The molecule has 0 aliphatic heterocycles. The van der Waals surface area contributed by atoms with Crippen molar-refractivity contribution in [2.45, 2.75) is 25.8 Å². The van der Waals surface area contributed by atoms with Crippen molar-refractivity contribution in [2.75, 3.05) is 11.9 Å². The Balaban J connectivity index is 1.67. The van der Waals surface area contributed by atoms with Crippen molar-refractivity contribution in [3.63, 3.8) is 0 Å². The van der Waals surface area contributed by atoms with E-state index in [0.29, 0.717) is 22.7 Å². The number of aliphatic hydroxyl groups is 1. The molecular weight excluding hydrogens is 478 g/mol. The zero-order valence-corrected chi connectivity index (χ0v) is 20.8. The van der Waals surface area contributed by atoms with E-state index in [9.17, 15) is 13.6 Å². The number of halogens is 2. The van der Waals surface area contributed by atoms with Gasteiger partial charge in [-0.2, -0.15) is 13.9 Å². The molecule has 0 fully saturated rings. The molecule has 37 heavy (non-hydrogen) atoms. The van der Waals surface area contributed by atoms with Gasteiger partial charge in [0.1, 0.15) is 18.2 Å². The molecule has 0 spiro atoms. The monoisotopic (exact) mass is 504 g/mol. The number of benzene rings is 2. The minimum Gasteiger partial charge on any atom is -0.390 e. The molecule has 3 aromatic heterocycles. The number of aliphatic hydroxyl groups excluding tert-OH is 1. The molecule has 3 heterocycles. The normalized spacial score (nSPS) is 12.8. The molecule has 190 valence electrons. The van der Waals surface area contributed by atoms with Crippen molar-refractivity contribution in [2.24, 2.45) is 14.1 Å². The van der Waals surface area contributed by atoms with Crippen molar-refractivity contribution in [3.8, 4) is 11.1 Å². The maximum atomic E-state index is 14.1. The number of anilines is 1. The Morgan fingerprint density at radius 3 is 2.62 bits per heavy atom. The van der Waals surface area contributed by atoms with Gasteiger partial charge in [0, 0.05) is 59.9 Å². The van der Waals surface area contributed by atoms with Gasteiger partial charge in [-0.05, 0) is 37.6 Å². The lowest BCUT2D eigenvalue weighted by atomic mass is 10.00. The second-order valence-corrected chi connectivity index (χ2v) is 9.19. The highest BCUT2D eigenvalue weighted by Crippen LogP contribution is 2.37. The predicted octanol–water partition coefficient (Wildman–Crippen LogP) is 4.45. The van der Waals surface area contributed by atoms with Crippen LogP contribution in [0.3, 0.4) is 0 Å². The quantitative estimate of drug-likeness (QED) is 0.355. The molecule has 0 saturated heterocycles. The number of aryl methyl sites for hydroxylation is 3. The molecule has 2 aromatic carbocycles. The molecule has 1 atom stereocenters. The van der Waals surface area contributed by atoms with E-state index in [1.54, 1.807) is 49.2 Å². The van der Waals surface area contributed by atoms with Crippen LogP contribution in [0.5, 0.6) is 0 Å². The van der Waals surface area contributed by atoms with E-state index in [1.165, 1.54) is 22.8 Å². The molecule has 8 nitrogen and oxygen atoms in total. The summed E-state index contributed by atoms with van der Waals surface area (Å²) in [6.07, 6.45) is 3.52. The first kappa shape index (κ1) is 24.5. The van der Waals surface area contributed by atoms with Crippen molar-refractivity contribution in [3.05, 3.63) is 82.2 Å². The van der Waals surface area contributed by atoms with Crippen LogP contribution in [0, 0.1) is 6.92 Å². The Morgan fingerprint density at radius 2 is 1.89 bits per heavy atom. The Morgan fingerprint density at radius 1 is 1.11 bits per heavy atom. The van der Waals surface area contributed by atoms with Crippen molar-refractivity contribution in [1.82, 2.24) is 24.3 Å². The number of aromatic nitrogens is 5. The molecular formula is C27H26F2N6O2. The second-order valence-electron chi connectivity index (χ2n) is 9.19. The Bertz CT molecular complexity index is 1710. The van der Waals surface area contributed by atoms with Crippen LogP contribution in [0.15, 0.2) is 59.7 Å². The lowest BCUT2D eigenvalue weighted by molar-refractivity contribution is -0.0556. The number of rotatable bonds is 6. The lowest BCUT2D eigenvalue weighted by Crippen LogP contribution is -2.19. The van der Waals surface area contributed by atoms with Crippen molar-refractivity contribution < 1.29 is 13.9 Å². The highest BCUT2D eigenvalue weighted by Gasteiger charge is 2.31. The maximum absolute atomic E-state index is 14.1. The van der Waals surface area contributed by atoms with Crippen LogP contribution >= 0.6 is 0 Å². The van der Waals surface area contributed by atoms with Crippen molar-refractivity contribution in [1.29, 1.82) is 0 Å². The highest BCUT2D eigenvalue weighted by molar-refractivity contribution is 6.13. The molecule has 0 aliphatic carbocycles. The van der Waals surface area contributed by atoms with Gasteiger partial charge in [-0.3, -0.25) is 9.48 Å². The number of fused-ring (bicyclic) bond motifs is 3. The van der Waals surface area contributed by atoms with E-state index >= 15 is 0 Å². The van der Waals surface area contributed by atoms with E-state index in [-0.39, 0.29) is 17.2 Å². The van der Waals surface area contributed by atoms with Gasteiger partial charge in [0.15, 0.2) is 0 Å². The number of hydrogen-bond donors (Lipinski definition) is 2. The summed E-state index contributed by atoms with van der Waals surface area (Å²) in [5, 5.41) is 18.5. The van der Waals surface area contributed by atoms with Crippen LogP contribution < -0.4 is 10.9 Å². The van der Waals surface area contributed by atoms with Crippen LogP contribution in [0.1, 0.15) is 29.9 Å². The largest absolute Gasteiger partial charge is 0.390 e. The molecule has 0 bridgehead atoms. The van der Waals surface area contributed by atoms with Gasteiger partial charge in [-0.15, -0.1) is 0 Å². The third kappa shape index (κ3) is 4.33. The topological polar surface area (TPSA) is 97.9 Å². The number of hydrogen-bond acceptors (Lipinski definition) is 6. The predicted molar refractivity (Wildman–Crippen MR) is 139 cm³/mol. The van der Waals surface area contributed by atoms with Gasteiger partial charge < -0.3 is 15.0 Å². The molecule has 0 radical (unpaired) electrons. The van der Waals surface area contributed by atoms with Gasteiger partial charge in [-0.25, -0.2) is 9.97 Å². The molecule has 5 aromatic rings. The summed E-state index contributed by atoms with van der Waals surface area (Å²) < 4.78 is 31.5. The number of nitrogens with one attached hydrogen (secondary N) is 1. The van der Waals surface area contributed by atoms with Gasteiger partial charge in [0.2, 0.25) is 5.56 Å². The minimum absolute atomic E-state index is 0.116. The summed E-state index contributed by atoms with van der Waals surface area (Å²) in [6.45, 7) is 2.39. The lowest BCUT2D eigenvalue weighted by Gasteiger charge is -2.20. The molecule has 0 saturated carbocycles. The van der Waals surface area contributed by atoms with Gasteiger partial charge in [0.05, 0.1) is 17.2 Å². The van der Waals surface area contributed by atoms with E-state index in [2.05, 4.69) is 15.4 Å². The smallest absolute Gasteiger partial charge is 0.295 e. The fraction of sp³-hybridized carbons (Fsp3) is 0.259. The zero-order chi connectivity index (χ0) is 26.5. The average molecular weight is 505 g/mol. The third-order valence-electron chi connectivity index (χ3n) is 6.55. The van der Waals surface area contributed by atoms with Crippen LogP contribution in [0.25, 0.3) is 32.9 Å². The van der Waals surface area contributed by atoms with E-state index in [0.717, 1.165) is 27.4 Å². The highest BCUT2D eigenvalue weighted by atomic mass is 19.3. The summed E-state index contributed by atoms with van der Waals surface area (Å²) >= 11 is 0. The first-order chi connectivity index (χ1) is 17.6. The fourth-order valence-corrected chi connectivity index (χ4v) is 4.56. The molecule has 5 rings (SSSR count). The molecule has 0 aliphatic rings. The summed E-state index contributed by atoms with van der Waals surface area (Å²) in [5.74, 6) is -2.24. The number of nitrogens with zero attached hydrogens (tertiary/aromatic N) is 5. The second kappa shape index (κ2) is 9.04. The Kier molecular flexibility index (Phi) is 5.99. The Labute approximate surface area is 211 Å². The summed E-state index contributed by atoms with van der Waals surface area (Å²) in [7, 11) is 3.55. The molecule has 1 unspecified atom stereocenters. The van der Waals surface area contributed by atoms with Crippen LogP contribution in [0.2, 0.25) is 0 Å². The molecule has 2 N–H and O–H groups in total. The van der Waals surface area contributed by atoms with Gasteiger partial charge >= 0.3 is 0 Å². The summed E-state index contributed by atoms with van der Waals surface area (Å²) in [6, 6.07) is 10.9. The SMILES string of the molecule is Cc1nc(NC(C)c2cccc(C(F)(F)CO)c2)c2cc(-c3ccc(=O)n(C)c3)c3c(cnn3C)c2n1. The van der Waals surface area contributed by atoms with Crippen molar-refractivity contribution >= 4 is 27.6 Å². The standard InChI is InChI=1S/C27H26F2N6O2/c1-15(17-6-5-7-19(10-17)27(28,29)14-36)31-26-21-11-20(18-8-9-23(37)34(3)13-18)25-22(12-30-35(25)4)24(21)32-16(2)33-26/h5-13,15,36H,14H2,1-4H3,(H,31,32,33). The van der Waals surface area contributed by atoms with E-state index in [1.807, 2.05) is 20.0 Å². The van der Waals surface area contributed by atoms with E-state index < -0.39 is 12.5 Å². The Hall–Kier alpha value is -4.18. The van der Waals surface area contributed by atoms with Gasteiger partial charge in [-0.1, -0.05) is 18.2 Å². The summed E-state index contributed by atoms with van der Waals surface area (Å²) in [5.41, 5.74) is 3.51. The number of alkyl halides is 2. The minimum atomic E-state index is -3.33. The first-order valence-electron chi connectivity index (χ1n) is 11.7. The molecule has 0 amide bonds.